The van der Waals surface area contributed by atoms with Gasteiger partial charge in [0.05, 0.1) is 5.52 Å². The number of aliphatic hydroxyl groups excluding tert-OH is 1. The zero-order valence-corrected chi connectivity index (χ0v) is 8.18. The predicted molar refractivity (Wildman–Crippen MR) is 57.7 cm³/mol. The van der Waals surface area contributed by atoms with Gasteiger partial charge in [-0.15, -0.1) is 0 Å². The van der Waals surface area contributed by atoms with Gasteiger partial charge in [0.15, 0.2) is 0 Å². The van der Waals surface area contributed by atoms with E-state index in [4.69, 9.17) is 10.8 Å². The van der Waals surface area contributed by atoms with Crippen LogP contribution in [0.2, 0.25) is 0 Å². The van der Waals surface area contributed by atoms with Gasteiger partial charge in [0, 0.05) is 18.2 Å². The SMILES string of the molecule is NC(=O)n1cc(CCO)c2ccccc21. The predicted octanol–water partition coefficient (Wildman–Crippen LogP) is 1.10. The van der Waals surface area contributed by atoms with E-state index in [0.717, 1.165) is 16.5 Å². The number of amides is 1. The quantitative estimate of drug-likeness (QED) is 0.769. The molecule has 3 N–H and O–H groups in total. The minimum absolute atomic E-state index is 0.0623. The highest BCUT2D eigenvalue weighted by Crippen LogP contribution is 2.21. The highest BCUT2D eigenvalue weighted by atomic mass is 16.3. The molecule has 1 aromatic carbocycles. The summed E-state index contributed by atoms with van der Waals surface area (Å²) in [5.41, 5.74) is 6.97. The first-order valence-corrected chi connectivity index (χ1v) is 4.73. The minimum Gasteiger partial charge on any atom is -0.396 e. The van der Waals surface area contributed by atoms with Crippen LogP contribution in [-0.4, -0.2) is 22.3 Å². The Bertz CT molecular complexity index is 502. The lowest BCUT2D eigenvalue weighted by Crippen LogP contribution is -2.18. The van der Waals surface area contributed by atoms with Gasteiger partial charge in [-0.25, -0.2) is 4.79 Å². The molecule has 1 aromatic heterocycles. The number of para-hydroxylation sites is 1. The second-order valence-corrected chi connectivity index (χ2v) is 3.35. The third-order valence-corrected chi connectivity index (χ3v) is 2.41. The lowest BCUT2D eigenvalue weighted by atomic mass is 10.1. The highest BCUT2D eigenvalue weighted by molar-refractivity contribution is 5.93. The molecule has 0 fully saturated rings. The number of carbonyl (C=O) groups is 1. The highest BCUT2D eigenvalue weighted by Gasteiger charge is 2.09. The molecule has 0 bridgehead atoms. The summed E-state index contributed by atoms with van der Waals surface area (Å²) in [4.78, 5) is 11.2. The van der Waals surface area contributed by atoms with E-state index in [0.29, 0.717) is 6.42 Å². The second kappa shape index (κ2) is 3.74. The summed E-state index contributed by atoms with van der Waals surface area (Å²) in [7, 11) is 0. The van der Waals surface area contributed by atoms with Gasteiger partial charge in [-0.3, -0.25) is 4.57 Å². The van der Waals surface area contributed by atoms with E-state index in [2.05, 4.69) is 0 Å². The van der Waals surface area contributed by atoms with E-state index >= 15 is 0 Å². The topological polar surface area (TPSA) is 68.2 Å². The van der Waals surface area contributed by atoms with E-state index < -0.39 is 6.03 Å². The molecule has 0 aliphatic heterocycles. The van der Waals surface area contributed by atoms with Crippen molar-refractivity contribution in [3.8, 4) is 0 Å². The fraction of sp³-hybridized carbons (Fsp3) is 0.182. The van der Waals surface area contributed by atoms with Crippen molar-refractivity contribution in [3.63, 3.8) is 0 Å². The summed E-state index contributed by atoms with van der Waals surface area (Å²) in [6.45, 7) is 0.0623. The zero-order chi connectivity index (χ0) is 10.8. The normalized spacial score (nSPS) is 10.7. The van der Waals surface area contributed by atoms with E-state index in [1.54, 1.807) is 6.20 Å². The molecule has 4 heteroatoms. The maximum Gasteiger partial charge on any atom is 0.323 e. The number of hydrogen-bond donors (Lipinski definition) is 2. The molecule has 15 heavy (non-hydrogen) atoms. The van der Waals surface area contributed by atoms with E-state index in [1.807, 2.05) is 24.3 Å². The average molecular weight is 204 g/mol. The van der Waals surface area contributed by atoms with Gasteiger partial charge >= 0.3 is 6.03 Å². The molecule has 0 aliphatic carbocycles. The molecule has 0 spiro atoms. The monoisotopic (exact) mass is 204 g/mol. The smallest absolute Gasteiger partial charge is 0.323 e. The number of carbonyl (C=O) groups excluding carboxylic acids is 1. The molecule has 0 radical (unpaired) electrons. The van der Waals surface area contributed by atoms with Crippen molar-refractivity contribution in [3.05, 3.63) is 36.0 Å². The molecule has 0 saturated carbocycles. The summed E-state index contributed by atoms with van der Waals surface area (Å²) in [6.07, 6.45) is 2.21. The van der Waals surface area contributed by atoms with Crippen LogP contribution in [0.15, 0.2) is 30.5 Å². The fourth-order valence-electron chi connectivity index (χ4n) is 1.75. The third kappa shape index (κ3) is 1.59. The Labute approximate surface area is 86.9 Å². The summed E-state index contributed by atoms with van der Waals surface area (Å²) in [5, 5.41) is 9.86. The number of rotatable bonds is 2. The Kier molecular flexibility index (Phi) is 2.43. The van der Waals surface area contributed by atoms with Crippen molar-refractivity contribution in [2.45, 2.75) is 6.42 Å². The average Bonchev–Trinajstić information content (AvgIpc) is 2.59. The van der Waals surface area contributed by atoms with Crippen molar-refractivity contribution < 1.29 is 9.90 Å². The number of hydrogen-bond acceptors (Lipinski definition) is 2. The van der Waals surface area contributed by atoms with Gasteiger partial charge in [-0.2, -0.15) is 0 Å². The molecule has 1 amide bonds. The summed E-state index contributed by atoms with van der Waals surface area (Å²) in [6, 6.07) is 7.00. The van der Waals surface area contributed by atoms with Gasteiger partial charge in [0.25, 0.3) is 0 Å². The van der Waals surface area contributed by atoms with Crippen LogP contribution in [0, 0.1) is 0 Å². The molecular formula is C11H12N2O2. The van der Waals surface area contributed by atoms with Crippen LogP contribution < -0.4 is 5.73 Å². The molecule has 0 unspecified atom stereocenters. The standard InChI is InChI=1S/C11H12N2O2/c12-11(15)13-7-8(5-6-14)9-3-1-2-4-10(9)13/h1-4,7,14H,5-6H2,(H2,12,15). The Hall–Kier alpha value is -1.81. The number of aliphatic hydroxyl groups is 1. The van der Waals surface area contributed by atoms with E-state index in [9.17, 15) is 4.79 Å². The zero-order valence-electron chi connectivity index (χ0n) is 8.18. The first-order chi connectivity index (χ1) is 7.24. The van der Waals surface area contributed by atoms with Crippen molar-refractivity contribution >= 4 is 16.9 Å². The van der Waals surface area contributed by atoms with Crippen LogP contribution >= 0.6 is 0 Å². The summed E-state index contributed by atoms with van der Waals surface area (Å²) < 4.78 is 1.40. The van der Waals surface area contributed by atoms with Gasteiger partial charge in [-0.05, 0) is 18.1 Å². The second-order valence-electron chi connectivity index (χ2n) is 3.35. The Morgan fingerprint density at radius 3 is 2.80 bits per heavy atom. The van der Waals surface area contributed by atoms with Crippen molar-refractivity contribution in [1.82, 2.24) is 4.57 Å². The van der Waals surface area contributed by atoms with E-state index in [-0.39, 0.29) is 6.61 Å². The first kappa shape index (κ1) is 9.73. The largest absolute Gasteiger partial charge is 0.396 e. The van der Waals surface area contributed by atoms with Crippen LogP contribution in [0.4, 0.5) is 4.79 Å². The third-order valence-electron chi connectivity index (χ3n) is 2.41. The number of nitrogens with zero attached hydrogens (tertiary/aromatic N) is 1. The molecular weight excluding hydrogens is 192 g/mol. The first-order valence-electron chi connectivity index (χ1n) is 4.73. The molecule has 1 heterocycles. The summed E-state index contributed by atoms with van der Waals surface area (Å²) >= 11 is 0. The molecule has 4 nitrogen and oxygen atoms in total. The van der Waals surface area contributed by atoms with Crippen LogP contribution in [0.3, 0.4) is 0 Å². The van der Waals surface area contributed by atoms with Crippen LogP contribution in [0.1, 0.15) is 5.56 Å². The van der Waals surface area contributed by atoms with Gasteiger partial charge in [0.1, 0.15) is 0 Å². The number of nitrogens with two attached hydrogens (primary N) is 1. The summed E-state index contributed by atoms with van der Waals surface area (Å²) in [5.74, 6) is 0. The van der Waals surface area contributed by atoms with Gasteiger partial charge in [0.2, 0.25) is 0 Å². The van der Waals surface area contributed by atoms with Crippen molar-refractivity contribution in [1.29, 1.82) is 0 Å². The lowest BCUT2D eigenvalue weighted by molar-refractivity contribution is 0.251. The maximum atomic E-state index is 11.2. The Morgan fingerprint density at radius 2 is 2.13 bits per heavy atom. The van der Waals surface area contributed by atoms with Crippen LogP contribution in [-0.2, 0) is 6.42 Å². The Morgan fingerprint density at radius 1 is 1.40 bits per heavy atom. The number of fused-ring (bicyclic) bond motifs is 1. The molecule has 0 saturated heterocycles. The Balaban J connectivity index is 2.67. The van der Waals surface area contributed by atoms with Gasteiger partial charge in [-0.1, -0.05) is 18.2 Å². The van der Waals surface area contributed by atoms with E-state index in [1.165, 1.54) is 4.57 Å². The molecule has 0 atom stereocenters. The number of aromatic nitrogens is 1. The van der Waals surface area contributed by atoms with Crippen molar-refractivity contribution in [2.75, 3.05) is 6.61 Å². The number of primary amides is 1. The molecule has 78 valence electrons. The van der Waals surface area contributed by atoms with Crippen LogP contribution in [0.25, 0.3) is 10.9 Å². The lowest BCUT2D eigenvalue weighted by Gasteiger charge is -1.96. The van der Waals surface area contributed by atoms with Gasteiger partial charge < -0.3 is 10.8 Å². The fourth-order valence-corrected chi connectivity index (χ4v) is 1.75. The molecule has 0 aliphatic rings. The van der Waals surface area contributed by atoms with Crippen LogP contribution in [0.5, 0.6) is 0 Å². The molecule has 2 aromatic rings. The van der Waals surface area contributed by atoms with Crippen molar-refractivity contribution in [2.24, 2.45) is 5.73 Å². The molecule has 2 rings (SSSR count). The minimum atomic E-state index is -0.504. The number of benzene rings is 1. The maximum absolute atomic E-state index is 11.2.